The Morgan fingerprint density at radius 3 is 2.81 bits per heavy atom. The van der Waals surface area contributed by atoms with Crippen LogP contribution in [0.1, 0.15) is 12.5 Å². The summed E-state index contributed by atoms with van der Waals surface area (Å²) in [6.07, 6.45) is 1.49. The third-order valence-electron chi connectivity index (χ3n) is 3.48. The number of benzene rings is 2. The van der Waals surface area contributed by atoms with Crippen LogP contribution < -0.4 is 4.74 Å². The first-order valence-electron chi connectivity index (χ1n) is 7.78. The highest BCUT2D eigenvalue weighted by Crippen LogP contribution is 2.27. The van der Waals surface area contributed by atoms with Crippen LogP contribution >= 0.6 is 12.2 Å². The van der Waals surface area contributed by atoms with Crippen molar-refractivity contribution in [2.24, 2.45) is 5.10 Å². The zero-order valence-electron chi connectivity index (χ0n) is 13.8. The van der Waals surface area contributed by atoms with E-state index in [1.54, 1.807) is 19.1 Å². The lowest BCUT2D eigenvalue weighted by Gasteiger charge is -2.04. The number of hydrogen-bond donors (Lipinski definition) is 1. The van der Waals surface area contributed by atoms with Gasteiger partial charge in [-0.15, -0.1) is 0 Å². The van der Waals surface area contributed by atoms with Gasteiger partial charge in [0.05, 0.1) is 17.7 Å². The van der Waals surface area contributed by atoms with E-state index in [0.29, 0.717) is 22.8 Å². The molecular weight excluding hydrogens is 354 g/mol. The van der Waals surface area contributed by atoms with Gasteiger partial charge in [-0.05, 0) is 31.3 Å². The lowest BCUT2D eigenvalue weighted by atomic mass is 10.2. The molecule has 0 aliphatic carbocycles. The van der Waals surface area contributed by atoms with E-state index in [1.807, 2.05) is 30.3 Å². The molecule has 0 radical (unpaired) electrons. The van der Waals surface area contributed by atoms with Crippen LogP contribution in [-0.2, 0) is 0 Å². The molecule has 0 unspecified atom stereocenters. The highest BCUT2D eigenvalue weighted by molar-refractivity contribution is 7.71. The molecule has 0 spiro atoms. The lowest BCUT2D eigenvalue weighted by Crippen LogP contribution is -1.99. The van der Waals surface area contributed by atoms with Crippen molar-refractivity contribution in [1.29, 1.82) is 0 Å². The van der Waals surface area contributed by atoms with Crippen LogP contribution in [-0.4, -0.2) is 32.6 Å². The molecule has 3 aromatic rings. The summed E-state index contributed by atoms with van der Waals surface area (Å²) in [4.78, 5) is 10.7. The van der Waals surface area contributed by atoms with Crippen molar-refractivity contribution in [3.63, 3.8) is 0 Å². The minimum atomic E-state index is -0.485. The molecule has 2 aromatic carbocycles. The molecule has 0 fully saturated rings. The molecule has 0 saturated carbocycles. The average molecular weight is 369 g/mol. The van der Waals surface area contributed by atoms with Crippen molar-refractivity contribution < 1.29 is 9.66 Å². The Morgan fingerprint density at radius 2 is 2.12 bits per heavy atom. The molecule has 1 heterocycles. The van der Waals surface area contributed by atoms with E-state index in [0.717, 1.165) is 5.56 Å². The molecule has 132 valence electrons. The van der Waals surface area contributed by atoms with E-state index in [1.165, 1.54) is 17.0 Å². The SMILES string of the molecule is CCOc1ccc(/C=N\n2c(-c3ccccc3)n[nH]c2=S)cc1[N+](=O)[O-]. The van der Waals surface area contributed by atoms with Gasteiger partial charge in [-0.25, -0.2) is 5.10 Å². The van der Waals surface area contributed by atoms with Gasteiger partial charge in [0.15, 0.2) is 11.6 Å². The number of nitrogens with zero attached hydrogens (tertiary/aromatic N) is 4. The monoisotopic (exact) mass is 369 g/mol. The third kappa shape index (κ3) is 3.67. The fourth-order valence-corrected chi connectivity index (χ4v) is 2.51. The van der Waals surface area contributed by atoms with Gasteiger partial charge >= 0.3 is 5.69 Å². The summed E-state index contributed by atoms with van der Waals surface area (Å²) in [5, 5.41) is 22.4. The maximum absolute atomic E-state index is 11.2. The van der Waals surface area contributed by atoms with E-state index in [9.17, 15) is 10.1 Å². The van der Waals surface area contributed by atoms with Crippen molar-refractivity contribution in [3.05, 3.63) is 69.0 Å². The van der Waals surface area contributed by atoms with Gasteiger partial charge in [0.1, 0.15) is 0 Å². The Bertz CT molecular complexity index is 1010. The van der Waals surface area contributed by atoms with Crippen LogP contribution in [0.3, 0.4) is 0 Å². The van der Waals surface area contributed by atoms with Gasteiger partial charge < -0.3 is 4.74 Å². The van der Waals surface area contributed by atoms with Gasteiger partial charge in [-0.1, -0.05) is 30.3 Å². The summed E-state index contributed by atoms with van der Waals surface area (Å²) in [5.41, 5.74) is 1.27. The Labute approximate surface area is 153 Å². The van der Waals surface area contributed by atoms with Gasteiger partial charge in [0.2, 0.25) is 4.77 Å². The van der Waals surface area contributed by atoms with Gasteiger partial charge in [0, 0.05) is 17.2 Å². The first-order chi connectivity index (χ1) is 12.6. The number of aromatic amines is 1. The first-order valence-corrected chi connectivity index (χ1v) is 8.19. The summed E-state index contributed by atoms with van der Waals surface area (Å²) < 4.78 is 7.06. The van der Waals surface area contributed by atoms with Crippen molar-refractivity contribution in [1.82, 2.24) is 14.9 Å². The highest BCUT2D eigenvalue weighted by Gasteiger charge is 2.15. The van der Waals surface area contributed by atoms with E-state index >= 15 is 0 Å². The molecular formula is C17H15N5O3S. The minimum Gasteiger partial charge on any atom is -0.487 e. The molecule has 3 rings (SSSR count). The number of ether oxygens (including phenoxy) is 1. The minimum absolute atomic E-state index is 0.116. The Kier molecular flexibility index (Phi) is 5.18. The molecule has 0 aliphatic rings. The molecule has 9 heteroatoms. The zero-order chi connectivity index (χ0) is 18.5. The Hall–Kier alpha value is -3.33. The van der Waals surface area contributed by atoms with E-state index in [2.05, 4.69) is 15.3 Å². The second-order valence-corrected chi connectivity index (χ2v) is 5.58. The van der Waals surface area contributed by atoms with Crippen LogP contribution in [0.15, 0.2) is 53.6 Å². The standard InChI is InChI=1S/C17H15N5O3S/c1-2-25-15-9-8-12(10-14(15)22(23)24)11-18-21-16(19-20-17(21)26)13-6-4-3-5-7-13/h3-11H,2H2,1H3,(H,20,26)/b18-11-. The number of hydrogen-bond acceptors (Lipinski definition) is 6. The van der Waals surface area contributed by atoms with Crippen LogP contribution in [0, 0.1) is 14.9 Å². The third-order valence-corrected chi connectivity index (χ3v) is 3.75. The normalized spacial score (nSPS) is 11.0. The van der Waals surface area contributed by atoms with Crippen LogP contribution in [0.4, 0.5) is 5.69 Å². The Balaban J connectivity index is 1.97. The molecule has 26 heavy (non-hydrogen) atoms. The number of aromatic nitrogens is 3. The summed E-state index contributed by atoms with van der Waals surface area (Å²) in [7, 11) is 0. The van der Waals surface area contributed by atoms with Crippen LogP contribution in [0.2, 0.25) is 0 Å². The van der Waals surface area contributed by atoms with Gasteiger partial charge in [-0.2, -0.15) is 14.9 Å². The summed E-state index contributed by atoms with van der Waals surface area (Å²) >= 11 is 5.21. The second kappa shape index (κ2) is 7.70. The second-order valence-electron chi connectivity index (χ2n) is 5.19. The zero-order valence-corrected chi connectivity index (χ0v) is 14.6. The topological polar surface area (TPSA) is 98.3 Å². The molecule has 0 atom stereocenters. The van der Waals surface area contributed by atoms with E-state index in [-0.39, 0.29) is 11.4 Å². The number of rotatable bonds is 6. The Morgan fingerprint density at radius 1 is 1.35 bits per heavy atom. The quantitative estimate of drug-likeness (QED) is 0.308. The first kappa shape index (κ1) is 17.5. The fraction of sp³-hybridized carbons (Fsp3) is 0.118. The molecule has 0 bridgehead atoms. The molecule has 1 N–H and O–H groups in total. The summed E-state index contributed by atoms with van der Waals surface area (Å²) in [5.74, 6) is 0.770. The van der Waals surface area contributed by atoms with E-state index in [4.69, 9.17) is 17.0 Å². The molecule has 8 nitrogen and oxygen atoms in total. The highest BCUT2D eigenvalue weighted by atomic mass is 32.1. The van der Waals surface area contributed by atoms with Crippen LogP contribution in [0.5, 0.6) is 5.75 Å². The smallest absolute Gasteiger partial charge is 0.311 e. The predicted octanol–water partition coefficient (Wildman–Crippen LogP) is 3.80. The van der Waals surface area contributed by atoms with Crippen molar-refractivity contribution in [3.8, 4) is 17.1 Å². The van der Waals surface area contributed by atoms with Crippen molar-refractivity contribution in [2.75, 3.05) is 6.61 Å². The van der Waals surface area contributed by atoms with Crippen LogP contribution in [0.25, 0.3) is 11.4 Å². The van der Waals surface area contributed by atoms with Gasteiger partial charge in [-0.3, -0.25) is 10.1 Å². The lowest BCUT2D eigenvalue weighted by molar-refractivity contribution is -0.385. The maximum atomic E-state index is 11.2. The average Bonchev–Trinajstić information content (AvgIpc) is 3.02. The predicted molar refractivity (Wildman–Crippen MR) is 100 cm³/mol. The van der Waals surface area contributed by atoms with Gasteiger partial charge in [0.25, 0.3) is 0 Å². The number of H-pyrrole nitrogens is 1. The molecule has 0 saturated heterocycles. The number of nitrogens with one attached hydrogen (secondary N) is 1. The van der Waals surface area contributed by atoms with Crippen molar-refractivity contribution >= 4 is 24.1 Å². The summed E-state index contributed by atoms with van der Waals surface area (Å²) in [6.45, 7) is 2.11. The molecule has 0 aliphatic heterocycles. The number of nitro benzene ring substituents is 1. The van der Waals surface area contributed by atoms with E-state index < -0.39 is 4.92 Å². The molecule has 0 amide bonds. The van der Waals surface area contributed by atoms with Crippen molar-refractivity contribution in [2.45, 2.75) is 6.92 Å². The number of nitro groups is 1. The summed E-state index contributed by atoms with van der Waals surface area (Å²) in [6, 6.07) is 14.1. The molecule has 1 aromatic heterocycles. The largest absolute Gasteiger partial charge is 0.487 e. The maximum Gasteiger partial charge on any atom is 0.311 e. The fourth-order valence-electron chi connectivity index (χ4n) is 2.33.